The Labute approximate surface area is 97.8 Å². The summed E-state index contributed by atoms with van der Waals surface area (Å²) < 4.78 is 23.3. The summed E-state index contributed by atoms with van der Waals surface area (Å²) in [5, 5.41) is 23.5. The van der Waals surface area contributed by atoms with Crippen molar-refractivity contribution in [3.05, 3.63) is 46.6 Å². The second kappa shape index (κ2) is 3.85. The van der Waals surface area contributed by atoms with Gasteiger partial charge in [-0.3, -0.25) is 0 Å². The molecule has 1 heterocycles. The fourth-order valence-corrected chi connectivity index (χ4v) is 2.33. The first kappa shape index (κ1) is 11.6. The second-order valence-electron chi connectivity index (χ2n) is 3.80. The molecule has 0 amide bonds. The summed E-state index contributed by atoms with van der Waals surface area (Å²) in [7, 11) is -3.36. The Morgan fingerprint density at radius 3 is 2.35 bits per heavy atom. The summed E-state index contributed by atoms with van der Waals surface area (Å²) in [5.41, 5.74) is 0.282. The Kier molecular flexibility index (Phi) is 2.62. The van der Waals surface area contributed by atoms with Crippen LogP contribution in [0.2, 0.25) is 0 Å². The van der Waals surface area contributed by atoms with Gasteiger partial charge in [0, 0.05) is 18.4 Å². The lowest BCUT2D eigenvalue weighted by molar-refractivity contribution is -0.634. The summed E-state index contributed by atoms with van der Waals surface area (Å²) >= 11 is 0. The Balaban J connectivity index is 2.71. The first-order chi connectivity index (χ1) is 7.88. The van der Waals surface area contributed by atoms with Crippen LogP contribution in [-0.4, -0.2) is 14.7 Å². The van der Waals surface area contributed by atoms with Gasteiger partial charge in [-0.05, 0) is 0 Å². The van der Waals surface area contributed by atoms with E-state index in [0.717, 1.165) is 12.5 Å². The molecule has 1 aromatic heterocycles. The van der Waals surface area contributed by atoms with Crippen molar-refractivity contribution in [1.82, 2.24) is 0 Å². The summed E-state index contributed by atoms with van der Waals surface area (Å²) in [6.45, 7) is 0. The third-order valence-corrected chi connectivity index (χ3v) is 3.10. The summed E-state index contributed by atoms with van der Waals surface area (Å²) in [6, 6.07) is 6.22. The van der Waals surface area contributed by atoms with Crippen LogP contribution in [0.3, 0.4) is 0 Å². The first-order valence-electron chi connectivity index (χ1n) is 4.79. The lowest BCUT2D eigenvalue weighted by Crippen LogP contribution is -2.42. The Hall–Kier alpha value is -1.89. The topological polar surface area (TPSA) is 88.0 Å². The number of aromatic nitrogens is 2. The highest BCUT2D eigenvalue weighted by Gasteiger charge is 2.21. The number of rotatable bonds is 2. The van der Waals surface area contributed by atoms with Crippen molar-refractivity contribution in [3.63, 3.8) is 0 Å². The van der Waals surface area contributed by atoms with Crippen LogP contribution in [0.5, 0.6) is 0 Å². The molecule has 0 bridgehead atoms. The Morgan fingerprint density at radius 2 is 1.76 bits per heavy atom. The largest absolute Gasteiger partial charge is 0.618 e. The highest BCUT2D eigenvalue weighted by atomic mass is 32.2. The van der Waals surface area contributed by atoms with Crippen molar-refractivity contribution in [1.29, 1.82) is 0 Å². The molecule has 0 atom stereocenters. The molecule has 2 aromatic rings. The van der Waals surface area contributed by atoms with Crippen molar-refractivity contribution >= 4 is 20.9 Å². The molecule has 0 unspecified atom stereocenters. The Morgan fingerprint density at radius 1 is 1.18 bits per heavy atom. The van der Waals surface area contributed by atoms with Crippen molar-refractivity contribution in [2.24, 2.45) is 0 Å². The van der Waals surface area contributed by atoms with E-state index in [1.807, 2.05) is 0 Å². The van der Waals surface area contributed by atoms with E-state index in [1.54, 1.807) is 12.1 Å². The SMILES string of the molecule is CS(=O)(=O)Cc1c[n+]([O-])c2ccccc2[n+]1[O-]. The van der Waals surface area contributed by atoms with Crippen LogP contribution in [-0.2, 0) is 15.6 Å². The van der Waals surface area contributed by atoms with Gasteiger partial charge in [0.2, 0.25) is 0 Å². The molecule has 1 aromatic carbocycles. The number of sulfone groups is 1. The number of benzene rings is 1. The minimum Gasteiger partial charge on any atom is -0.618 e. The molecule has 2 rings (SSSR count). The summed E-state index contributed by atoms with van der Waals surface area (Å²) in [4.78, 5) is 0. The fraction of sp³-hybridized carbons (Fsp3) is 0.200. The van der Waals surface area contributed by atoms with Gasteiger partial charge < -0.3 is 10.4 Å². The maximum absolute atomic E-state index is 11.9. The van der Waals surface area contributed by atoms with Gasteiger partial charge in [0.1, 0.15) is 5.75 Å². The van der Waals surface area contributed by atoms with Gasteiger partial charge in [-0.25, -0.2) is 8.42 Å². The van der Waals surface area contributed by atoms with Crippen LogP contribution < -0.4 is 9.46 Å². The van der Waals surface area contributed by atoms with Crippen LogP contribution in [0, 0.1) is 10.4 Å². The van der Waals surface area contributed by atoms with E-state index in [9.17, 15) is 18.8 Å². The monoisotopic (exact) mass is 254 g/mol. The summed E-state index contributed by atoms with van der Waals surface area (Å²) in [5.74, 6) is -0.455. The van der Waals surface area contributed by atoms with Crippen molar-refractivity contribution in [3.8, 4) is 0 Å². The van der Waals surface area contributed by atoms with Gasteiger partial charge in [0.05, 0.1) is 0 Å². The molecule has 0 aliphatic heterocycles. The average Bonchev–Trinajstić information content (AvgIpc) is 2.24. The van der Waals surface area contributed by atoms with Gasteiger partial charge in [0.15, 0.2) is 9.84 Å². The second-order valence-corrected chi connectivity index (χ2v) is 5.94. The van der Waals surface area contributed by atoms with Gasteiger partial charge in [-0.15, -0.1) is 0 Å². The number of hydrogen-bond acceptors (Lipinski definition) is 4. The predicted octanol–water partition coefficient (Wildman–Crippen LogP) is -0.349. The van der Waals surface area contributed by atoms with E-state index in [1.165, 1.54) is 12.1 Å². The highest BCUT2D eigenvalue weighted by molar-refractivity contribution is 7.89. The molecule has 7 heteroatoms. The minimum absolute atomic E-state index is 0.0822. The third kappa shape index (κ3) is 2.28. The lowest BCUT2D eigenvalue weighted by Gasteiger charge is -2.06. The molecule has 0 saturated heterocycles. The average molecular weight is 254 g/mol. The van der Waals surface area contributed by atoms with Crippen molar-refractivity contribution in [2.75, 3.05) is 6.26 Å². The van der Waals surface area contributed by atoms with Gasteiger partial charge >= 0.3 is 0 Å². The number of fused-ring (bicyclic) bond motifs is 1. The van der Waals surface area contributed by atoms with Crippen LogP contribution in [0.25, 0.3) is 11.0 Å². The fourth-order valence-electron chi connectivity index (χ4n) is 1.60. The van der Waals surface area contributed by atoms with E-state index in [-0.39, 0.29) is 16.7 Å². The molecular weight excluding hydrogens is 244 g/mol. The molecule has 0 saturated carbocycles. The van der Waals surface area contributed by atoms with E-state index in [2.05, 4.69) is 0 Å². The van der Waals surface area contributed by atoms with Crippen molar-refractivity contribution in [2.45, 2.75) is 5.75 Å². The van der Waals surface area contributed by atoms with Crippen LogP contribution >= 0.6 is 0 Å². The molecule has 0 spiro atoms. The number of nitrogens with zero attached hydrogens (tertiary/aromatic N) is 2. The molecule has 17 heavy (non-hydrogen) atoms. The molecule has 6 nitrogen and oxygen atoms in total. The Bertz CT molecular complexity index is 682. The zero-order chi connectivity index (χ0) is 12.6. The van der Waals surface area contributed by atoms with Crippen LogP contribution in [0.4, 0.5) is 0 Å². The standard InChI is InChI=1S/C10H10N2O4S/c1-17(15,16)7-8-6-11(13)9-4-2-3-5-10(9)12(8)14/h2-6H,7H2,1H3. The maximum Gasteiger partial charge on any atom is 0.290 e. The minimum atomic E-state index is -3.36. The van der Waals surface area contributed by atoms with E-state index >= 15 is 0 Å². The quantitative estimate of drug-likeness (QED) is 0.541. The molecule has 0 aliphatic rings. The molecule has 0 aliphatic carbocycles. The molecule has 90 valence electrons. The predicted molar refractivity (Wildman–Crippen MR) is 60.4 cm³/mol. The number of hydrogen-bond donors (Lipinski definition) is 0. The zero-order valence-corrected chi connectivity index (χ0v) is 9.85. The van der Waals surface area contributed by atoms with E-state index in [0.29, 0.717) is 9.46 Å². The molecule has 0 N–H and O–H groups in total. The zero-order valence-electron chi connectivity index (χ0n) is 9.03. The molecule has 0 fully saturated rings. The van der Waals surface area contributed by atoms with E-state index < -0.39 is 15.6 Å². The van der Waals surface area contributed by atoms with Crippen LogP contribution in [0.15, 0.2) is 30.5 Å². The highest BCUT2D eigenvalue weighted by Crippen LogP contribution is 2.06. The first-order valence-corrected chi connectivity index (χ1v) is 6.85. The van der Waals surface area contributed by atoms with Gasteiger partial charge in [0.25, 0.3) is 22.9 Å². The maximum atomic E-state index is 11.9. The van der Waals surface area contributed by atoms with Gasteiger partial charge in [-0.1, -0.05) is 12.1 Å². The van der Waals surface area contributed by atoms with Gasteiger partial charge in [-0.2, -0.15) is 9.46 Å². The number of para-hydroxylation sites is 2. The molecular formula is C10H10N2O4S. The van der Waals surface area contributed by atoms with Crippen molar-refractivity contribution < 1.29 is 17.9 Å². The molecule has 0 radical (unpaired) electrons. The van der Waals surface area contributed by atoms with Crippen LogP contribution in [0.1, 0.15) is 5.69 Å². The lowest BCUT2D eigenvalue weighted by atomic mass is 10.3. The summed E-state index contributed by atoms with van der Waals surface area (Å²) in [6.07, 6.45) is 2.01. The normalized spacial score (nSPS) is 11.8. The third-order valence-electron chi connectivity index (χ3n) is 2.28. The van der Waals surface area contributed by atoms with E-state index in [4.69, 9.17) is 0 Å². The smallest absolute Gasteiger partial charge is 0.290 e.